The van der Waals surface area contributed by atoms with Gasteiger partial charge in [-0.3, -0.25) is 4.68 Å². The lowest BCUT2D eigenvalue weighted by Gasteiger charge is -2.24. The van der Waals surface area contributed by atoms with E-state index in [0.717, 1.165) is 32.1 Å². The molecule has 24 heavy (non-hydrogen) atoms. The molecule has 130 valence electrons. The Morgan fingerprint density at radius 3 is 2.71 bits per heavy atom. The molecule has 6 nitrogen and oxygen atoms in total. The topological polar surface area (TPSA) is 76.9 Å². The van der Waals surface area contributed by atoms with Crippen LogP contribution >= 0.6 is 0 Å². The van der Waals surface area contributed by atoms with Crippen LogP contribution in [0, 0.1) is 5.92 Å². The van der Waals surface area contributed by atoms with Crippen LogP contribution < -0.4 is 4.72 Å². The Balaban J connectivity index is 1.69. The highest BCUT2D eigenvalue weighted by molar-refractivity contribution is 7.88. The Morgan fingerprint density at radius 1 is 1.29 bits per heavy atom. The van der Waals surface area contributed by atoms with E-state index in [2.05, 4.69) is 39.3 Å². The van der Waals surface area contributed by atoms with Crippen molar-refractivity contribution in [2.75, 3.05) is 6.26 Å². The maximum atomic E-state index is 11.5. The van der Waals surface area contributed by atoms with E-state index in [1.54, 1.807) is 13.8 Å². The summed E-state index contributed by atoms with van der Waals surface area (Å²) < 4.78 is 27.4. The summed E-state index contributed by atoms with van der Waals surface area (Å²) >= 11 is 0. The molecule has 1 unspecified atom stereocenters. The zero-order valence-electron chi connectivity index (χ0n) is 14.4. The van der Waals surface area contributed by atoms with Gasteiger partial charge in [-0.15, -0.1) is 5.10 Å². The van der Waals surface area contributed by atoms with Crippen LogP contribution in [-0.4, -0.2) is 29.7 Å². The normalized spacial score (nSPS) is 18.4. The Morgan fingerprint density at radius 2 is 2.00 bits per heavy atom. The van der Waals surface area contributed by atoms with E-state index in [1.807, 2.05) is 10.9 Å². The van der Waals surface area contributed by atoms with Crippen LogP contribution in [0.2, 0.25) is 0 Å². The van der Waals surface area contributed by atoms with Crippen molar-refractivity contribution < 1.29 is 8.42 Å². The summed E-state index contributed by atoms with van der Waals surface area (Å²) in [6, 6.07) is 8.60. The summed E-state index contributed by atoms with van der Waals surface area (Å²) in [6.45, 7) is 4.38. The molecule has 0 bridgehead atoms. The highest BCUT2D eigenvalue weighted by Crippen LogP contribution is 2.26. The van der Waals surface area contributed by atoms with E-state index in [-0.39, 0.29) is 0 Å². The lowest BCUT2D eigenvalue weighted by atomic mass is 9.84. The summed E-state index contributed by atoms with van der Waals surface area (Å²) in [5, 5.41) is 8.36. The molecule has 0 spiro atoms. The molecule has 1 aliphatic carbocycles. The van der Waals surface area contributed by atoms with Gasteiger partial charge in [0.2, 0.25) is 10.0 Å². The summed E-state index contributed by atoms with van der Waals surface area (Å²) in [5.74, 6) is 0.528. The van der Waals surface area contributed by atoms with E-state index in [1.165, 1.54) is 11.1 Å². The summed E-state index contributed by atoms with van der Waals surface area (Å²) in [6.07, 6.45) is 6.29. The SMILES string of the molecule is CC(C)(NS(C)(=O)=O)c1cn(CC2CCc3ccccc3C2)nn1. The van der Waals surface area contributed by atoms with Crippen LogP contribution in [0.5, 0.6) is 0 Å². The third kappa shape index (κ3) is 4.02. The van der Waals surface area contributed by atoms with Crippen molar-refractivity contribution in [1.29, 1.82) is 0 Å². The predicted molar refractivity (Wildman–Crippen MR) is 93.0 cm³/mol. The van der Waals surface area contributed by atoms with Gasteiger partial charge in [0.25, 0.3) is 0 Å². The number of benzene rings is 1. The van der Waals surface area contributed by atoms with Gasteiger partial charge in [0.1, 0.15) is 5.69 Å². The molecular formula is C17H24N4O2S. The second-order valence-corrected chi connectivity index (χ2v) is 8.95. The van der Waals surface area contributed by atoms with Gasteiger partial charge in [0, 0.05) is 6.54 Å². The molecule has 0 amide bonds. The zero-order chi connectivity index (χ0) is 17.4. The van der Waals surface area contributed by atoms with E-state index >= 15 is 0 Å². The maximum Gasteiger partial charge on any atom is 0.209 e. The van der Waals surface area contributed by atoms with Gasteiger partial charge in [-0.2, -0.15) is 0 Å². The molecule has 0 aliphatic heterocycles. The van der Waals surface area contributed by atoms with Gasteiger partial charge < -0.3 is 0 Å². The lowest BCUT2D eigenvalue weighted by molar-refractivity contribution is 0.371. The standard InChI is InChI=1S/C17H24N4O2S/c1-17(2,19-24(3,22)23)16-12-21(20-18-16)11-13-8-9-14-6-4-5-7-15(14)10-13/h4-7,12-13,19H,8-11H2,1-3H3. The second kappa shape index (κ2) is 6.29. The van der Waals surface area contributed by atoms with Crippen LogP contribution in [0.25, 0.3) is 0 Å². The van der Waals surface area contributed by atoms with Crippen LogP contribution in [0.1, 0.15) is 37.1 Å². The smallest absolute Gasteiger partial charge is 0.209 e. The van der Waals surface area contributed by atoms with Crippen LogP contribution in [-0.2, 0) is 34.9 Å². The molecule has 2 aromatic rings. The number of hydrogen-bond acceptors (Lipinski definition) is 4. The average Bonchev–Trinajstić information content (AvgIpc) is 2.94. The number of aromatic nitrogens is 3. The minimum absolute atomic E-state index is 0.528. The third-order valence-corrected chi connectivity index (χ3v) is 5.39. The first-order valence-corrected chi connectivity index (χ1v) is 10.1. The van der Waals surface area contributed by atoms with E-state index in [9.17, 15) is 8.42 Å². The molecular weight excluding hydrogens is 324 g/mol. The number of hydrogen-bond donors (Lipinski definition) is 1. The molecule has 0 saturated heterocycles. The first-order chi connectivity index (χ1) is 11.2. The molecule has 3 rings (SSSR count). The van der Waals surface area contributed by atoms with Gasteiger partial charge >= 0.3 is 0 Å². The second-order valence-electron chi connectivity index (χ2n) is 7.20. The van der Waals surface area contributed by atoms with Crippen molar-refractivity contribution in [3.05, 3.63) is 47.3 Å². The molecule has 7 heteroatoms. The van der Waals surface area contributed by atoms with Crippen molar-refractivity contribution in [3.8, 4) is 0 Å². The number of rotatable bonds is 5. The van der Waals surface area contributed by atoms with E-state index in [4.69, 9.17) is 0 Å². The Hall–Kier alpha value is -1.73. The van der Waals surface area contributed by atoms with Crippen molar-refractivity contribution in [2.24, 2.45) is 5.92 Å². The fraction of sp³-hybridized carbons (Fsp3) is 0.529. The first kappa shape index (κ1) is 17.1. The molecule has 1 N–H and O–H groups in total. The lowest BCUT2D eigenvalue weighted by Crippen LogP contribution is -2.40. The van der Waals surface area contributed by atoms with Crippen molar-refractivity contribution in [2.45, 2.75) is 45.2 Å². The monoisotopic (exact) mass is 348 g/mol. The predicted octanol–water partition coefficient (Wildman–Crippen LogP) is 1.87. The molecule has 1 aliphatic rings. The fourth-order valence-electron chi connectivity index (χ4n) is 3.38. The summed E-state index contributed by atoms with van der Waals surface area (Å²) in [4.78, 5) is 0. The molecule has 0 fully saturated rings. The van der Waals surface area contributed by atoms with Crippen LogP contribution in [0.3, 0.4) is 0 Å². The highest BCUT2D eigenvalue weighted by Gasteiger charge is 2.28. The Labute approximate surface area is 143 Å². The van der Waals surface area contributed by atoms with Gasteiger partial charge in [-0.1, -0.05) is 29.5 Å². The fourth-order valence-corrected chi connectivity index (χ4v) is 4.41. The minimum Gasteiger partial charge on any atom is -0.252 e. The van der Waals surface area contributed by atoms with Crippen molar-refractivity contribution >= 4 is 10.0 Å². The quantitative estimate of drug-likeness (QED) is 0.895. The average molecular weight is 348 g/mol. The van der Waals surface area contributed by atoms with Crippen LogP contribution in [0.15, 0.2) is 30.5 Å². The molecule has 0 saturated carbocycles. The van der Waals surface area contributed by atoms with Gasteiger partial charge in [0.05, 0.1) is 18.0 Å². The minimum atomic E-state index is -3.31. The number of nitrogens with zero attached hydrogens (tertiary/aromatic N) is 3. The van der Waals surface area contributed by atoms with E-state index in [0.29, 0.717) is 11.6 Å². The number of aryl methyl sites for hydroxylation is 1. The molecule has 1 aromatic carbocycles. The van der Waals surface area contributed by atoms with E-state index < -0.39 is 15.6 Å². The van der Waals surface area contributed by atoms with Crippen molar-refractivity contribution in [3.63, 3.8) is 0 Å². The Bertz CT molecular complexity index is 827. The number of sulfonamides is 1. The number of fused-ring (bicyclic) bond motifs is 1. The first-order valence-electron chi connectivity index (χ1n) is 8.19. The molecule has 0 radical (unpaired) electrons. The summed E-state index contributed by atoms with van der Waals surface area (Å²) in [7, 11) is -3.31. The maximum absolute atomic E-state index is 11.5. The molecule has 1 aromatic heterocycles. The molecule has 1 heterocycles. The van der Waals surface area contributed by atoms with Gasteiger partial charge in [0.15, 0.2) is 0 Å². The largest absolute Gasteiger partial charge is 0.252 e. The van der Waals surface area contributed by atoms with Gasteiger partial charge in [-0.05, 0) is 50.2 Å². The number of nitrogens with one attached hydrogen (secondary N) is 1. The zero-order valence-corrected chi connectivity index (χ0v) is 15.2. The van der Waals surface area contributed by atoms with Gasteiger partial charge in [-0.25, -0.2) is 13.1 Å². The van der Waals surface area contributed by atoms with Crippen LogP contribution in [0.4, 0.5) is 0 Å². The Kier molecular flexibility index (Phi) is 4.48. The summed E-state index contributed by atoms with van der Waals surface area (Å²) in [5.41, 5.74) is 2.73. The highest BCUT2D eigenvalue weighted by atomic mass is 32.2. The molecule has 1 atom stereocenters. The van der Waals surface area contributed by atoms with Crippen molar-refractivity contribution in [1.82, 2.24) is 19.7 Å². The third-order valence-electron chi connectivity index (χ3n) is 4.51.